The summed E-state index contributed by atoms with van der Waals surface area (Å²) in [4.78, 5) is 21.1. The van der Waals surface area contributed by atoms with Gasteiger partial charge in [0.2, 0.25) is 0 Å². The fourth-order valence-corrected chi connectivity index (χ4v) is 3.08. The predicted molar refractivity (Wildman–Crippen MR) is 88.2 cm³/mol. The van der Waals surface area contributed by atoms with Gasteiger partial charge in [-0.15, -0.1) is 11.3 Å². The maximum atomic E-state index is 12.0. The van der Waals surface area contributed by atoms with E-state index in [-0.39, 0.29) is 11.6 Å². The zero-order chi connectivity index (χ0) is 15.5. The zero-order valence-electron chi connectivity index (χ0n) is 12.6. The van der Waals surface area contributed by atoms with Crippen LogP contribution in [0.4, 0.5) is 0 Å². The van der Waals surface area contributed by atoms with Gasteiger partial charge in [0.15, 0.2) is 0 Å². The summed E-state index contributed by atoms with van der Waals surface area (Å²) in [6.45, 7) is 4.72. The molecule has 3 aromatic heterocycles. The van der Waals surface area contributed by atoms with Gasteiger partial charge in [0.1, 0.15) is 5.65 Å². The molecule has 0 spiro atoms. The van der Waals surface area contributed by atoms with Crippen molar-refractivity contribution in [2.24, 2.45) is 0 Å². The van der Waals surface area contributed by atoms with Crippen LogP contribution in [0, 0.1) is 0 Å². The summed E-state index contributed by atoms with van der Waals surface area (Å²) < 4.78 is 1.54. The van der Waals surface area contributed by atoms with E-state index in [0.717, 1.165) is 22.8 Å². The van der Waals surface area contributed by atoms with E-state index in [4.69, 9.17) is 0 Å². The molecule has 0 fully saturated rings. The van der Waals surface area contributed by atoms with Gasteiger partial charge in [-0.05, 0) is 25.5 Å². The second-order valence-electron chi connectivity index (χ2n) is 5.14. The van der Waals surface area contributed by atoms with Gasteiger partial charge in [-0.1, -0.05) is 13.0 Å². The quantitative estimate of drug-likeness (QED) is 0.786. The number of rotatable bonds is 5. The van der Waals surface area contributed by atoms with Crippen molar-refractivity contribution in [2.45, 2.75) is 32.9 Å². The lowest BCUT2D eigenvalue weighted by molar-refractivity contribution is 0.556. The van der Waals surface area contributed by atoms with Crippen LogP contribution < -0.4 is 10.9 Å². The number of thiazole rings is 1. The topological polar surface area (TPSA) is 59.3 Å². The monoisotopic (exact) mass is 314 g/mol. The summed E-state index contributed by atoms with van der Waals surface area (Å²) in [6.07, 6.45) is 2.69. The highest BCUT2D eigenvalue weighted by molar-refractivity contribution is 7.09. The minimum atomic E-state index is -0.0584. The molecule has 0 radical (unpaired) electrons. The molecule has 0 bridgehead atoms. The smallest absolute Gasteiger partial charge is 0.258 e. The molecule has 0 aliphatic heterocycles. The lowest BCUT2D eigenvalue weighted by Crippen LogP contribution is -2.22. The summed E-state index contributed by atoms with van der Waals surface area (Å²) in [5.74, 6) is 0. The Labute approximate surface area is 132 Å². The molecule has 6 heteroatoms. The van der Waals surface area contributed by atoms with E-state index in [9.17, 15) is 4.79 Å². The molecule has 0 saturated heterocycles. The second kappa shape index (κ2) is 6.37. The first-order valence-electron chi connectivity index (χ1n) is 7.32. The van der Waals surface area contributed by atoms with Gasteiger partial charge >= 0.3 is 0 Å². The molecule has 1 N–H and O–H groups in total. The van der Waals surface area contributed by atoms with Crippen molar-refractivity contribution in [1.29, 1.82) is 0 Å². The summed E-state index contributed by atoms with van der Waals surface area (Å²) in [5, 5.41) is 6.60. The van der Waals surface area contributed by atoms with Crippen LogP contribution in [0.15, 0.2) is 40.6 Å². The van der Waals surface area contributed by atoms with E-state index in [1.807, 2.05) is 18.2 Å². The standard InChI is InChI=1S/C16H18N4OS/c1-3-15-19-13(10-22-15)11(2)17-9-12-8-16(21)20-7-5-4-6-14(20)18-12/h4-8,10-11,17H,3,9H2,1-2H3/t11-/m1/s1. The molecule has 3 heterocycles. The normalized spacial score (nSPS) is 12.6. The van der Waals surface area contributed by atoms with Gasteiger partial charge in [0, 0.05) is 30.2 Å². The van der Waals surface area contributed by atoms with E-state index in [1.165, 1.54) is 0 Å². The van der Waals surface area contributed by atoms with Crippen LogP contribution in [-0.2, 0) is 13.0 Å². The Morgan fingerprint density at radius 3 is 3.00 bits per heavy atom. The molecular formula is C16H18N4OS. The third-order valence-electron chi connectivity index (χ3n) is 3.53. The highest BCUT2D eigenvalue weighted by Gasteiger charge is 2.10. The number of hydrogen-bond acceptors (Lipinski definition) is 5. The van der Waals surface area contributed by atoms with Crippen molar-refractivity contribution in [3.05, 3.63) is 62.6 Å². The Bertz CT molecular complexity index is 839. The molecule has 22 heavy (non-hydrogen) atoms. The van der Waals surface area contributed by atoms with E-state index >= 15 is 0 Å². The molecular weight excluding hydrogens is 296 g/mol. The van der Waals surface area contributed by atoms with Gasteiger partial charge in [0.25, 0.3) is 5.56 Å². The van der Waals surface area contributed by atoms with E-state index in [1.54, 1.807) is 28.0 Å². The lowest BCUT2D eigenvalue weighted by Gasteiger charge is -2.11. The fraction of sp³-hybridized carbons (Fsp3) is 0.312. The third kappa shape index (κ3) is 3.08. The SMILES string of the molecule is CCc1nc([C@@H](C)NCc2cc(=O)n3ccccc3n2)cs1. The van der Waals surface area contributed by atoms with Gasteiger partial charge in [-0.2, -0.15) is 0 Å². The molecule has 0 aromatic carbocycles. The average Bonchev–Trinajstić information content (AvgIpc) is 3.02. The summed E-state index contributed by atoms with van der Waals surface area (Å²) in [6, 6.07) is 7.24. The largest absolute Gasteiger partial charge is 0.303 e. The van der Waals surface area contributed by atoms with Gasteiger partial charge in [-0.3, -0.25) is 9.20 Å². The van der Waals surface area contributed by atoms with Crippen LogP contribution in [-0.4, -0.2) is 14.4 Å². The van der Waals surface area contributed by atoms with Gasteiger partial charge in [0.05, 0.1) is 16.4 Å². The molecule has 0 aliphatic carbocycles. The van der Waals surface area contributed by atoms with Crippen molar-refractivity contribution in [1.82, 2.24) is 19.7 Å². The second-order valence-corrected chi connectivity index (χ2v) is 6.08. The highest BCUT2D eigenvalue weighted by atomic mass is 32.1. The molecule has 0 amide bonds. The first-order valence-corrected chi connectivity index (χ1v) is 8.20. The summed E-state index contributed by atoms with van der Waals surface area (Å²) in [7, 11) is 0. The van der Waals surface area contributed by atoms with Crippen LogP contribution in [0.25, 0.3) is 5.65 Å². The first-order chi connectivity index (χ1) is 10.7. The number of fused-ring (bicyclic) bond motifs is 1. The van der Waals surface area contributed by atoms with E-state index in [2.05, 4.69) is 34.5 Å². The van der Waals surface area contributed by atoms with Crippen molar-refractivity contribution < 1.29 is 0 Å². The van der Waals surface area contributed by atoms with Crippen LogP contribution in [0.2, 0.25) is 0 Å². The first kappa shape index (κ1) is 14.9. The summed E-state index contributed by atoms with van der Waals surface area (Å²) >= 11 is 1.68. The Hall–Kier alpha value is -2.05. The van der Waals surface area contributed by atoms with E-state index in [0.29, 0.717) is 12.2 Å². The third-order valence-corrected chi connectivity index (χ3v) is 4.54. The Morgan fingerprint density at radius 1 is 1.36 bits per heavy atom. The highest BCUT2D eigenvalue weighted by Crippen LogP contribution is 2.17. The number of nitrogens with one attached hydrogen (secondary N) is 1. The Balaban J connectivity index is 1.74. The predicted octanol–water partition coefficient (Wildman–Crippen LogP) is 2.56. The van der Waals surface area contributed by atoms with Gasteiger partial charge in [-0.25, -0.2) is 9.97 Å². The number of aromatic nitrogens is 3. The van der Waals surface area contributed by atoms with Crippen molar-refractivity contribution in [3.8, 4) is 0 Å². The van der Waals surface area contributed by atoms with Crippen LogP contribution in [0.1, 0.15) is 36.3 Å². The van der Waals surface area contributed by atoms with Crippen LogP contribution in [0.5, 0.6) is 0 Å². The minimum Gasteiger partial charge on any atom is -0.303 e. The fourth-order valence-electron chi connectivity index (χ4n) is 2.24. The molecule has 0 saturated carbocycles. The molecule has 114 valence electrons. The van der Waals surface area contributed by atoms with Crippen molar-refractivity contribution >= 4 is 17.0 Å². The maximum absolute atomic E-state index is 12.0. The summed E-state index contributed by atoms with van der Waals surface area (Å²) in [5.41, 5.74) is 2.40. The van der Waals surface area contributed by atoms with E-state index < -0.39 is 0 Å². The number of pyridine rings is 1. The number of aryl methyl sites for hydroxylation is 1. The van der Waals surface area contributed by atoms with Crippen LogP contribution in [0.3, 0.4) is 0 Å². The Kier molecular flexibility index (Phi) is 4.31. The van der Waals surface area contributed by atoms with Gasteiger partial charge < -0.3 is 5.32 Å². The molecule has 0 aliphatic rings. The Morgan fingerprint density at radius 2 is 2.23 bits per heavy atom. The molecule has 5 nitrogen and oxygen atoms in total. The lowest BCUT2D eigenvalue weighted by atomic mass is 10.2. The van der Waals surface area contributed by atoms with Crippen molar-refractivity contribution in [3.63, 3.8) is 0 Å². The maximum Gasteiger partial charge on any atom is 0.258 e. The van der Waals surface area contributed by atoms with Crippen LogP contribution >= 0.6 is 11.3 Å². The molecule has 3 aromatic rings. The number of hydrogen-bond donors (Lipinski definition) is 1. The average molecular weight is 314 g/mol. The molecule has 0 unspecified atom stereocenters. The molecule has 3 rings (SSSR count). The zero-order valence-corrected chi connectivity index (χ0v) is 13.4. The number of nitrogens with zero attached hydrogens (tertiary/aromatic N) is 3. The molecule has 1 atom stereocenters. The minimum absolute atomic E-state index is 0.0584. The van der Waals surface area contributed by atoms with Crippen molar-refractivity contribution in [2.75, 3.05) is 0 Å².